The van der Waals surface area contributed by atoms with Crippen molar-refractivity contribution in [2.24, 2.45) is 0 Å². The van der Waals surface area contributed by atoms with Gasteiger partial charge in [0.25, 0.3) is 0 Å². The highest BCUT2D eigenvalue weighted by molar-refractivity contribution is 9.10. The Balaban J connectivity index is 1.95. The quantitative estimate of drug-likeness (QED) is 0.629. The number of hydrogen-bond acceptors (Lipinski definition) is 3. The maximum absolute atomic E-state index is 5.75. The molecule has 0 saturated carbocycles. The summed E-state index contributed by atoms with van der Waals surface area (Å²) in [4.78, 5) is 8.33. The largest absolute Gasteiger partial charge is 0.436 e. The third kappa shape index (κ3) is 2.62. The lowest BCUT2D eigenvalue weighted by atomic mass is 10.1. The summed E-state index contributed by atoms with van der Waals surface area (Å²) in [6.45, 7) is 0. The minimum atomic E-state index is 0.340. The summed E-state index contributed by atoms with van der Waals surface area (Å²) >= 11 is 9.25. The van der Waals surface area contributed by atoms with E-state index in [2.05, 4.69) is 32.0 Å². The van der Waals surface area contributed by atoms with Crippen LogP contribution in [0, 0.1) is 0 Å². The molecule has 0 aliphatic carbocycles. The maximum Gasteiger partial charge on any atom is 0.237 e. The topological polar surface area (TPSA) is 35.0 Å². The first-order valence-electron chi connectivity index (χ1n) is 6.00. The Morgan fingerprint density at radius 2 is 1.90 bits per heavy atom. The third-order valence-corrected chi connectivity index (χ3v) is 3.95. The molecule has 2 aromatic carbocycles. The van der Waals surface area contributed by atoms with Crippen LogP contribution >= 0.6 is 27.5 Å². The van der Waals surface area contributed by atoms with Crippen LogP contribution in [-0.4, -0.2) is 9.97 Å². The number of halogens is 2. The van der Waals surface area contributed by atoms with Crippen LogP contribution in [0.25, 0.3) is 10.8 Å². The first-order valence-corrected chi connectivity index (χ1v) is 7.32. The number of aromatic nitrogens is 2. The molecule has 0 amide bonds. The van der Waals surface area contributed by atoms with Gasteiger partial charge in [-0.1, -0.05) is 30.3 Å². The number of ether oxygens (including phenoxy) is 1. The molecule has 0 fully saturated rings. The molecule has 0 saturated heterocycles. The van der Waals surface area contributed by atoms with Crippen molar-refractivity contribution >= 4 is 38.3 Å². The van der Waals surface area contributed by atoms with Gasteiger partial charge in [-0.3, -0.25) is 4.98 Å². The van der Waals surface area contributed by atoms with Crippen molar-refractivity contribution in [3.05, 3.63) is 59.0 Å². The Kier molecular flexibility index (Phi) is 3.85. The van der Waals surface area contributed by atoms with E-state index in [1.54, 1.807) is 12.4 Å². The average molecular weight is 350 g/mol. The molecule has 1 aromatic heterocycles. The predicted molar refractivity (Wildman–Crippen MR) is 83.3 cm³/mol. The zero-order valence-electron chi connectivity index (χ0n) is 10.4. The molecule has 0 bridgehead atoms. The van der Waals surface area contributed by atoms with E-state index in [4.69, 9.17) is 16.3 Å². The van der Waals surface area contributed by atoms with Crippen LogP contribution in [0.15, 0.2) is 53.3 Å². The van der Waals surface area contributed by atoms with Gasteiger partial charge in [0.15, 0.2) is 0 Å². The summed E-state index contributed by atoms with van der Waals surface area (Å²) in [5.74, 6) is 1.49. The van der Waals surface area contributed by atoms with E-state index in [0.29, 0.717) is 17.5 Å². The zero-order valence-corrected chi connectivity index (χ0v) is 12.7. The third-order valence-electron chi connectivity index (χ3n) is 2.86. The van der Waals surface area contributed by atoms with E-state index in [-0.39, 0.29) is 0 Å². The molecule has 0 aliphatic rings. The maximum atomic E-state index is 5.75. The van der Waals surface area contributed by atoms with Crippen LogP contribution in [0.5, 0.6) is 11.6 Å². The summed E-state index contributed by atoms with van der Waals surface area (Å²) in [6, 6.07) is 12.0. The molecule has 0 spiro atoms. The molecule has 3 aromatic rings. The number of rotatable bonds is 3. The molecule has 0 radical (unpaired) electrons. The number of hydrogen-bond donors (Lipinski definition) is 0. The van der Waals surface area contributed by atoms with E-state index in [1.165, 1.54) is 0 Å². The van der Waals surface area contributed by atoms with Gasteiger partial charge in [-0.05, 0) is 32.8 Å². The van der Waals surface area contributed by atoms with Gasteiger partial charge >= 0.3 is 0 Å². The molecule has 1 heterocycles. The van der Waals surface area contributed by atoms with Crippen LogP contribution in [0.2, 0.25) is 0 Å². The number of fused-ring (bicyclic) bond motifs is 1. The Morgan fingerprint density at radius 3 is 2.65 bits per heavy atom. The van der Waals surface area contributed by atoms with Crippen LogP contribution in [0.3, 0.4) is 0 Å². The minimum absolute atomic E-state index is 0.340. The summed E-state index contributed by atoms with van der Waals surface area (Å²) in [5.41, 5.74) is 0.719. The summed E-state index contributed by atoms with van der Waals surface area (Å²) < 4.78 is 6.65. The highest BCUT2D eigenvalue weighted by Crippen LogP contribution is 2.35. The molecule has 5 heteroatoms. The van der Waals surface area contributed by atoms with Crippen LogP contribution in [0.1, 0.15) is 5.69 Å². The van der Waals surface area contributed by atoms with Crippen molar-refractivity contribution in [2.45, 2.75) is 5.88 Å². The molecule has 0 aliphatic heterocycles. The number of benzene rings is 2. The van der Waals surface area contributed by atoms with Crippen molar-refractivity contribution in [3.63, 3.8) is 0 Å². The van der Waals surface area contributed by atoms with Gasteiger partial charge in [0, 0.05) is 0 Å². The zero-order chi connectivity index (χ0) is 13.9. The first kappa shape index (κ1) is 13.3. The second-order valence-electron chi connectivity index (χ2n) is 4.18. The van der Waals surface area contributed by atoms with E-state index < -0.39 is 0 Å². The van der Waals surface area contributed by atoms with Crippen molar-refractivity contribution in [1.82, 2.24) is 9.97 Å². The Morgan fingerprint density at radius 1 is 1.05 bits per heavy atom. The van der Waals surface area contributed by atoms with Gasteiger partial charge in [0.2, 0.25) is 5.88 Å². The molecular formula is C15H10BrClN2O. The second kappa shape index (κ2) is 5.77. The Hall–Kier alpha value is -1.65. The van der Waals surface area contributed by atoms with Gasteiger partial charge < -0.3 is 4.74 Å². The smallest absolute Gasteiger partial charge is 0.237 e. The standard InChI is InChI=1S/C15H10BrClN2O/c16-15-12-4-2-1-3-10(12)5-6-13(15)20-14-9-18-11(7-17)8-19-14/h1-6,8-9H,7H2. The molecule has 3 rings (SSSR count). The summed E-state index contributed by atoms with van der Waals surface area (Å²) in [7, 11) is 0. The Labute approximate surface area is 129 Å². The van der Waals surface area contributed by atoms with Gasteiger partial charge in [0.05, 0.1) is 28.4 Å². The van der Waals surface area contributed by atoms with Crippen molar-refractivity contribution in [3.8, 4) is 11.6 Å². The SMILES string of the molecule is ClCc1cnc(Oc2ccc3ccccc3c2Br)cn1. The molecular weight excluding hydrogens is 340 g/mol. The fourth-order valence-corrected chi connectivity index (χ4v) is 2.58. The fraction of sp³-hybridized carbons (Fsp3) is 0.0667. The van der Waals surface area contributed by atoms with Crippen molar-refractivity contribution in [1.29, 1.82) is 0 Å². The predicted octanol–water partition coefficient (Wildman–Crippen LogP) is 4.92. The summed E-state index contributed by atoms with van der Waals surface area (Å²) in [6.07, 6.45) is 3.18. The Bertz CT molecular complexity index is 746. The van der Waals surface area contributed by atoms with E-state index in [9.17, 15) is 0 Å². The normalized spacial score (nSPS) is 10.7. The van der Waals surface area contributed by atoms with Crippen LogP contribution in [-0.2, 0) is 5.88 Å². The monoisotopic (exact) mass is 348 g/mol. The van der Waals surface area contributed by atoms with Gasteiger partial charge in [0.1, 0.15) is 5.75 Å². The highest BCUT2D eigenvalue weighted by atomic mass is 79.9. The van der Waals surface area contributed by atoms with Gasteiger partial charge in [-0.25, -0.2) is 4.98 Å². The van der Waals surface area contributed by atoms with Crippen molar-refractivity contribution < 1.29 is 4.74 Å². The van der Waals surface area contributed by atoms with Gasteiger partial charge in [-0.15, -0.1) is 11.6 Å². The molecule has 100 valence electrons. The van der Waals surface area contributed by atoms with Crippen molar-refractivity contribution in [2.75, 3.05) is 0 Å². The van der Waals surface area contributed by atoms with Gasteiger partial charge in [-0.2, -0.15) is 0 Å². The molecule has 3 nitrogen and oxygen atoms in total. The minimum Gasteiger partial charge on any atom is -0.436 e. The second-order valence-corrected chi connectivity index (χ2v) is 5.24. The van der Waals surface area contributed by atoms with E-state index in [0.717, 1.165) is 20.9 Å². The lowest BCUT2D eigenvalue weighted by Gasteiger charge is -2.09. The van der Waals surface area contributed by atoms with E-state index in [1.807, 2.05) is 30.3 Å². The highest BCUT2D eigenvalue weighted by Gasteiger charge is 2.08. The fourth-order valence-electron chi connectivity index (χ4n) is 1.87. The number of alkyl halides is 1. The first-order chi connectivity index (χ1) is 9.78. The molecule has 20 heavy (non-hydrogen) atoms. The van der Waals surface area contributed by atoms with Crippen LogP contribution in [0.4, 0.5) is 0 Å². The summed E-state index contributed by atoms with van der Waals surface area (Å²) in [5, 5.41) is 2.24. The molecule has 0 N–H and O–H groups in total. The lowest BCUT2D eigenvalue weighted by Crippen LogP contribution is -1.93. The lowest BCUT2D eigenvalue weighted by molar-refractivity contribution is 0.457. The molecule has 0 unspecified atom stereocenters. The van der Waals surface area contributed by atoms with Crippen LogP contribution < -0.4 is 4.74 Å². The van der Waals surface area contributed by atoms with E-state index >= 15 is 0 Å². The average Bonchev–Trinajstić information content (AvgIpc) is 2.51. The molecule has 0 atom stereocenters. The number of nitrogens with zero attached hydrogens (tertiary/aromatic N) is 2.